The van der Waals surface area contributed by atoms with Crippen LogP contribution in [0.5, 0.6) is 11.5 Å². The van der Waals surface area contributed by atoms with Gasteiger partial charge in [0.25, 0.3) is 5.91 Å². The number of anilines is 3. The number of morpholine rings is 1. The molecule has 9 rings (SSSR count). The lowest BCUT2D eigenvalue weighted by molar-refractivity contribution is -0.138. The van der Waals surface area contributed by atoms with Crippen LogP contribution in [0.25, 0.3) is 11.4 Å². The van der Waals surface area contributed by atoms with E-state index in [1.165, 1.54) is 6.07 Å². The van der Waals surface area contributed by atoms with Gasteiger partial charge in [0, 0.05) is 122 Å². The Morgan fingerprint density at radius 2 is 1.42 bits per heavy atom. The van der Waals surface area contributed by atoms with Gasteiger partial charge in [0.05, 0.1) is 24.3 Å². The molecule has 344 valence electrons. The summed E-state index contributed by atoms with van der Waals surface area (Å²) in [5.41, 5.74) is 10.5. The molecule has 19 heteroatoms. The van der Waals surface area contributed by atoms with E-state index in [-0.39, 0.29) is 58.9 Å². The first-order valence-electron chi connectivity index (χ1n) is 22.8. The molecule has 4 saturated heterocycles. The van der Waals surface area contributed by atoms with Gasteiger partial charge < -0.3 is 49.9 Å². The summed E-state index contributed by atoms with van der Waals surface area (Å²) < 4.78 is 11.5. The number of carbonyl (C=O) groups excluding carboxylic acids is 3. The van der Waals surface area contributed by atoms with E-state index in [2.05, 4.69) is 42.9 Å². The number of likely N-dealkylation sites (tertiary alicyclic amines) is 1. The zero-order valence-electron chi connectivity index (χ0n) is 37.1. The van der Waals surface area contributed by atoms with Crippen molar-refractivity contribution in [2.45, 2.75) is 71.2 Å². The van der Waals surface area contributed by atoms with Gasteiger partial charge in [0.1, 0.15) is 17.6 Å². The van der Waals surface area contributed by atoms with Gasteiger partial charge in [-0.05, 0) is 47.1 Å². The average Bonchev–Trinajstić information content (AvgIpc) is 3.76. The van der Waals surface area contributed by atoms with Crippen molar-refractivity contribution in [2.75, 3.05) is 94.2 Å². The molecule has 0 spiro atoms. The number of hydrogen-bond acceptors (Lipinski definition) is 16. The normalized spacial score (nSPS) is 18.9. The smallest absolute Gasteiger partial charge is 0.410 e. The maximum Gasteiger partial charge on any atom is 0.410 e. The first kappa shape index (κ1) is 43.9. The second-order valence-electron chi connectivity index (χ2n) is 18.0. The summed E-state index contributed by atoms with van der Waals surface area (Å²) in [6.45, 7) is 12.9. The van der Waals surface area contributed by atoms with Crippen molar-refractivity contribution in [3.8, 4) is 22.9 Å². The molecule has 0 radical (unpaired) electrons. The number of aromatic hydroxyl groups is 2. The van der Waals surface area contributed by atoms with Crippen LogP contribution >= 0.6 is 0 Å². The SMILES string of the molecule is CC(C)c1cc(C(=O)N2Cc3ccc(CN4CCN(C(=O)OC5CCN(C(=O)C6CCN(c7nc(-c8cnc(N)nc8)nc(N8CCOCC8)n7)CC6)CC5)CC4)cc3C2)c(O)cc1O. The van der Waals surface area contributed by atoms with Crippen LogP contribution in [0, 0.1) is 5.92 Å². The molecule has 3 amide bonds. The summed E-state index contributed by atoms with van der Waals surface area (Å²) in [5.74, 6) is 1.31. The third-order valence-corrected chi connectivity index (χ3v) is 13.3. The van der Waals surface area contributed by atoms with Crippen molar-refractivity contribution >= 4 is 35.8 Å². The number of benzene rings is 2. The van der Waals surface area contributed by atoms with E-state index in [0.29, 0.717) is 146 Å². The van der Waals surface area contributed by atoms with Gasteiger partial charge in [0.15, 0.2) is 5.82 Å². The number of aromatic nitrogens is 5. The fourth-order valence-electron chi connectivity index (χ4n) is 9.41. The summed E-state index contributed by atoms with van der Waals surface area (Å²) in [6.07, 6.45) is 5.27. The summed E-state index contributed by atoms with van der Waals surface area (Å²) in [4.78, 5) is 75.1. The maximum atomic E-state index is 13.7. The summed E-state index contributed by atoms with van der Waals surface area (Å²) in [6, 6.07) is 9.16. The molecule has 2 aromatic heterocycles. The Hall–Kier alpha value is -6.34. The molecule has 2 aromatic carbocycles. The number of carbonyl (C=O) groups is 3. The minimum absolute atomic E-state index is 0.000713. The quantitative estimate of drug-likeness (QED) is 0.219. The average molecular weight is 891 g/mol. The molecule has 4 N–H and O–H groups in total. The third-order valence-electron chi connectivity index (χ3n) is 13.3. The first-order chi connectivity index (χ1) is 31.4. The molecule has 5 aliphatic heterocycles. The third kappa shape index (κ3) is 9.85. The summed E-state index contributed by atoms with van der Waals surface area (Å²) in [7, 11) is 0. The number of phenolic OH excluding ortho intramolecular Hbond substituents is 2. The molecule has 19 nitrogen and oxygen atoms in total. The molecule has 5 aliphatic rings. The van der Waals surface area contributed by atoms with E-state index in [1.54, 1.807) is 28.3 Å². The molecule has 0 atom stereocenters. The Morgan fingerprint density at radius 3 is 2.09 bits per heavy atom. The maximum absolute atomic E-state index is 13.7. The fourth-order valence-corrected chi connectivity index (χ4v) is 9.41. The minimum atomic E-state index is -0.300. The number of nitrogens with two attached hydrogens (primary N) is 1. The topological polar surface area (TPSA) is 220 Å². The highest BCUT2D eigenvalue weighted by molar-refractivity contribution is 5.97. The Morgan fingerprint density at radius 1 is 0.754 bits per heavy atom. The summed E-state index contributed by atoms with van der Waals surface area (Å²) in [5, 5.41) is 20.8. The first-order valence-corrected chi connectivity index (χ1v) is 22.8. The van der Waals surface area contributed by atoms with E-state index in [0.717, 1.165) is 23.2 Å². The second-order valence-corrected chi connectivity index (χ2v) is 18.0. The van der Waals surface area contributed by atoms with E-state index < -0.39 is 0 Å². The standard InChI is InChI=1S/C46H58N12O7/c1-29(2)36-22-37(39(60)23-38(36)59)42(62)58-27-32-4-3-30(21-33(32)28-58)26-53-13-15-57(16-14-53)46(63)65-35-7-11-54(12-8-35)41(61)31-5-9-55(10-6-31)44-50-40(34-24-48-43(47)49-25-34)51-45(52-44)56-17-19-64-20-18-56/h3-4,21-25,29,31,35,59-60H,5-20,26-28H2,1-2H3,(H2,47,48,49). The van der Waals surface area contributed by atoms with Crippen LogP contribution in [0.2, 0.25) is 0 Å². The zero-order chi connectivity index (χ0) is 45.2. The zero-order valence-corrected chi connectivity index (χ0v) is 37.1. The van der Waals surface area contributed by atoms with E-state index in [4.69, 9.17) is 30.2 Å². The van der Waals surface area contributed by atoms with Crippen LogP contribution in [0.1, 0.15) is 78.1 Å². The van der Waals surface area contributed by atoms with Crippen LogP contribution < -0.4 is 15.5 Å². The van der Waals surface area contributed by atoms with Gasteiger partial charge >= 0.3 is 6.09 Å². The lowest BCUT2D eigenvalue weighted by Gasteiger charge is -2.38. The van der Waals surface area contributed by atoms with Crippen molar-refractivity contribution in [2.24, 2.45) is 5.92 Å². The van der Waals surface area contributed by atoms with Crippen molar-refractivity contribution in [3.05, 3.63) is 70.5 Å². The number of nitrogens with zero attached hydrogens (tertiary/aromatic N) is 11. The van der Waals surface area contributed by atoms with Gasteiger partial charge in [-0.3, -0.25) is 14.5 Å². The van der Waals surface area contributed by atoms with Crippen LogP contribution in [0.3, 0.4) is 0 Å². The highest BCUT2D eigenvalue weighted by Crippen LogP contribution is 2.35. The molecule has 7 heterocycles. The van der Waals surface area contributed by atoms with E-state index in [1.807, 2.05) is 18.7 Å². The predicted octanol–water partition coefficient (Wildman–Crippen LogP) is 3.60. The molecule has 65 heavy (non-hydrogen) atoms. The fraction of sp³-hybridized carbons (Fsp3) is 0.522. The van der Waals surface area contributed by atoms with Crippen LogP contribution in [0.4, 0.5) is 22.6 Å². The van der Waals surface area contributed by atoms with Gasteiger partial charge in [-0.15, -0.1) is 0 Å². The summed E-state index contributed by atoms with van der Waals surface area (Å²) >= 11 is 0. The van der Waals surface area contributed by atoms with E-state index in [9.17, 15) is 24.6 Å². The molecular weight excluding hydrogens is 833 g/mol. The van der Waals surface area contributed by atoms with Crippen molar-refractivity contribution in [3.63, 3.8) is 0 Å². The molecule has 4 fully saturated rings. The van der Waals surface area contributed by atoms with Crippen LogP contribution in [0.15, 0.2) is 42.7 Å². The Balaban J connectivity index is 0.710. The Kier molecular flexibility index (Phi) is 12.8. The molecule has 0 aliphatic carbocycles. The molecular formula is C46H58N12O7. The highest BCUT2D eigenvalue weighted by Gasteiger charge is 2.34. The minimum Gasteiger partial charge on any atom is -0.508 e. The molecule has 0 bridgehead atoms. The van der Waals surface area contributed by atoms with E-state index >= 15 is 0 Å². The van der Waals surface area contributed by atoms with Gasteiger partial charge in [0.2, 0.25) is 23.8 Å². The molecule has 0 unspecified atom stereocenters. The second kappa shape index (κ2) is 19.0. The largest absolute Gasteiger partial charge is 0.508 e. The molecule has 0 saturated carbocycles. The lowest BCUT2D eigenvalue weighted by atomic mass is 9.94. The van der Waals surface area contributed by atoms with Crippen LogP contribution in [-0.4, -0.2) is 157 Å². The number of piperazine rings is 1. The van der Waals surface area contributed by atoms with Gasteiger partial charge in [-0.25, -0.2) is 14.8 Å². The predicted molar refractivity (Wildman–Crippen MR) is 240 cm³/mol. The van der Waals surface area contributed by atoms with Gasteiger partial charge in [-0.1, -0.05) is 32.0 Å². The highest BCUT2D eigenvalue weighted by atomic mass is 16.6. The monoisotopic (exact) mass is 890 g/mol. The Labute approximate surface area is 378 Å². The van der Waals surface area contributed by atoms with Crippen molar-refractivity contribution < 1.29 is 34.1 Å². The number of amides is 3. The number of hydrogen-bond donors (Lipinski definition) is 3. The number of phenols is 2. The van der Waals surface area contributed by atoms with Crippen molar-refractivity contribution in [1.82, 2.24) is 44.5 Å². The number of nitrogen functional groups attached to an aromatic ring is 1. The number of fused-ring (bicyclic) bond motifs is 1. The molecule has 4 aromatic rings. The number of ether oxygens (including phenoxy) is 2. The number of rotatable bonds is 9. The Bertz CT molecular complexity index is 2370. The number of piperidine rings is 2. The van der Waals surface area contributed by atoms with Crippen LogP contribution in [-0.2, 0) is 33.9 Å². The lowest BCUT2D eigenvalue weighted by Crippen LogP contribution is -2.50. The van der Waals surface area contributed by atoms with Gasteiger partial charge in [-0.2, -0.15) is 15.0 Å². The van der Waals surface area contributed by atoms with Crippen molar-refractivity contribution in [1.29, 1.82) is 0 Å².